The van der Waals surface area contributed by atoms with Gasteiger partial charge in [0.1, 0.15) is 19.0 Å². The molecule has 27 heavy (non-hydrogen) atoms. The summed E-state index contributed by atoms with van der Waals surface area (Å²) in [4.78, 5) is 2.42. The highest BCUT2D eigenvalue weighted by Crippen LogP contribution is 2.38. The van der Waals surface area contributed by atoms with Gasteiger partial charge in [0, 0.05) is 24.1 Å². The Morgan fingerprint density at radius 2 is 1.89 bits per heavy atom. The Hall–Kier alpha value is -2.21. The minimum Gasteiger partial charge on any atom is -0.486 e. The third kappa shape index (κ3) is 3.16. The van der Waals surface area contributed by atoms with Crippen molar-refractivity contribution >= 4 is 5.82 Å². The molecule has 1 N–H and O–H groups in total. The van der Waals surface area contributed by atoms with Crippen molar-refractivity contribution in [2.24, 2.45) is 0 Å². The van der Waals surface area contributed by atoms with Crippen LogP contribution in [0.3, 0.4) is 0 Å². The second-order valence-corrected chi connectivity index (χ2v) is 7.91. The van der Waals surface area contributed by atoms with Gasteiger partial charge >= 0.3 is 0 Å². The van der Waals surface area contributed by atoms with E-state index in [1.165, 1.54) is 42.8 Å². The van der Waals surface area contributed by atoms with Crippen molar-refractivity contribution in [3.8, 4) is 17.2 Å². The first kappa shape index (κ1) is 16.9. The summed E-state index contributed by atoms with van der Waals surface area (Å²) < 4.78 is 13.6. The molecule has 0 atom stereocenters. The fraction of sp³-hybridized carbons (Fsp3) is 0.571. The molecule has 0 radical (unpaired) electrons. The molecule has 3 aliphatic rings. The topological polar surface area (TPSA) is 51.6 Å². The van der Waals surface area contributed by atoms with Crippen molar-refractivity contribution in [1.29, 1.82) is 0 Å². The lowest BCUT2D eigenvalue weighted by Gasteiger charge is -2.28. The minimum atomic E-state index is 0.563. The second-order valence-electron chi connectivity index (χ2n) is 7.91. The number of hydrogen-bond acceptors (Lipinski definition) is 5. The van der Waals surface area contributed by atoms with Gasteiger partial charge in [0.05, 0.1) is 11.4 Å². The monoisotopic (exact) mass is 368 g/mol. The number of fused-ring (bicyclic) bond motifs is 2. The maximum atomic E-state index is 5.80. The van der Waals surface area contributed by atoms with Gasteiger partial charge in [0.15, 0.2) is 11.5 Å². The zero-order valence-corrected chi connectivity index (χ0v) is 16.0. The first-order chi connectivity index (χ1) is 13.3. The number of nitrogens with one attached hydrogen (secondary N) is 1. The zero-order valence-electron chi connectivity index (χ0n) is 16.0. The van der Waals surface area contributed by atoms with Crippen molar-refractivity contribution in [1.82, 2.24) is 14.7 Å². The molecule has 0 saturated carbocycles. The molecule has 3 aliphatic heterocycles. The Labute approximate surface area is 160 Å². The normalized spacial score (nSPS) is 20.6. The van der Waals surface area contributed by atoms with Crippen LogP contribution in [0.1, 0.15) is 42.9 Å². The Morgan fingerprint density at radius 1 is 1.07 bits per heavy atom. The van der Waals surface area contributed by atoms with E-state index in [0.717, 1.165) is 43.2 Å². The standard InChI is InChI=1S/C21H28N4O2/c1-24-10-7-15(8-11-24)20-17-4-2-3-9-22-21(17)25(23-20)16-5-6-18-19(14-16)27-13-12-26-18/h5-6,14-15,22H,2-4,7-13H2,1H3. The van der Waals surface area contributed by atoms with Gasteiger partial charge in [-0.1, -0.05) is 0 Å². The third-order valence-corrected chi connectivity index (χ3v) is 6.04. The van der Waals surface area contributed by atoms with Crippen LogP contribution in [0.4, 0.5) is 5.82 Å². The number of piperidine rings is 1. The summed E-state index contributed by atoms with van der Waals surface area (Å²) >= 11 is 0. The van der Waals surface area contributed by atoms with E-state index in [1.807, 2.05) is 6.07 Å². The highest BCUT2D eigenvalue weighted by atomic mass is 16.6. The molecule has 1 saturated heterocycles. The lowest BCUT2D eigenvalue weighted by Crippen LogP contribution is -2.29. The molecule has 144 valence electrons. The number of aromatic nitrogens is 2. The Balaban J connectivity index is 1.56. The summed E-state index contributed by atoms with van der Waals surface area (Å²) in [7, 11) is 2.21. The summed E-state index contributed by atoms with van der Waals surface area (Å²) in [6.07, 6.45) is 5.95. The molecule has 0 amide bonds. The number of nitrogens with zero attached hydrogens (tertiary/aromatic N) is 3. The number of likely N-dealkylation sites (tertiary alicyclic amines) is 1. The first-order valence-corrected chi connectivity index (χ1v) is 10.2. The summed E-state index contributed by atoms with van der Waals surface area (Å²) in [6.45, 7) is 4.54. The van der Waals surface area contributed by atoms with E-state index in [0.29, 0.717) is 19.1 Å². The first-order valence-electron chi connectivity index (χ1n) is 10.2. The minimum absolute atomic E-state index is 0.563. The van der Waals surface area contributed by atoms with Crippen LogP contribution in [0.25, 0.3) is 5.69 Å². The quantitative estimate of drug-likeness (QED) is 0.882. The van der Waals surface area contributed by atoms with E-state index in [9.17, 15) is 0 Å². The smallest absolute Gasteiger partial charge is 0.163 e. The van der Waals surface area contributed by atoms with Crippen molar-refractivity contribution in [2.45, 2.75) is 38.0 Å². The molecule has 0 aliphatic carbocycles. The number of rotatable bonds is 2. The maximum absolute atomic E-state index is 5.80. The van der Waals surface area contributed by atoms with E-state index >= 15 is 0 Å². The molecule has 6 nitrogen and oxygen atoms in total. The number of benzene rings is 1. The highest BCUT2D eigenvalue weighted by molar-refractivity contribution is 5.58. The van der Waals surface area contributed by atoms with E-state index in [-0.39, 0.29) is 0 Å². The molecular formula is C21H28N4O2. The molecule has 1 fully saturated rings. The van der Waals surface area contributed by atoms with E-state index in [1.54, 1.807) is 0 Å². The number of hydrogen-bond donors (Lipinski definition) is 1. The molecule has 0 spiro atoms. The van der Waals surface area contributed by atoms with E-state index in [2.05, 4.69) is 34.1 Å². The molecule has 1 aromatic heterocycles. The SMILES string of the molecule is CN1CCC(c2nn(-c3ccc4c(c3)OCCO4)c3c2CCCCN3)CC1. The molecule has 0 bridgehead atoms. The van der Waals surface area contributed by atoms with E-state index in [4.69, 9.17) is 14.6 Å². The summed E-state index contributed by atoms with van der Waals surface area (Å²) in [6, 6.07) is 6.16. The van der Waals surface area contributed by atoms with Crippen molar-refractivity contribution in [3.05, 3.63) is 29.5 Å². The molecule has 0 unspecified atom stereocenters. The number of ether oxygens (including phenoxy) is 2. The highest BCUT2D eigenvalue weighted by Gasteiger charge is 2.28. The van der Waals surface area contributed by atoms with Crippen molar-refractivity contribution in [2.75, 3.05) is 45.2 Å². The molecule has 1 aromatic carbocycles. The summed E-state index contributed by atoms with van der Waals surface area (Å²) in [5, 5.41) is 8.80. The summed E-state index contributed by atoms with van der Waals surface area (Å²) in [5.74, 6) is 3.38. The van der Waals surface area contributed by atoms with Gasteiger partial charge in [0.25, 0.3) is 0 Å². The number of anilines is 1. The second kappa shape index (κ2) is 7.08. The van der Waals surface area contributed by atoms with Gasteiger partial charge < -0.3 is 19.7 Å². The van der Waals surface area contributed by atoms with Crippen LogP contribution in [0.5, 0.6) is 11.5 Å². The van der Waals surface area contributed by atoms with Crippen molar-refractivity contribution < 1.29 is 9.47 Å². The molecule has 4 heterocycles. The van der Waals surface area contributed by atoms with Gasteiger partial charge in [0.2, 0.25) is 0 Å². The fourth-order valence-electron chi connectivity index (χ4n) is 4.49. The fourth-order valence-corrected chi connectivity index (χ4v) is 4.49. The molecule has 2 aromatic rings. The molecule has 6 heteroatoms. The predicted molar refractivity (Wildman–Crippen MR) is 105 cm³/mol. The lowest BCUT2D eigenvalue weighted by atomic mass is 9.90. The average Bonchev–Trinajstić information content (AvgIpc) is 2.89. The summed E-state index contributed by atoms with van der Waals surface area (Å²) in [5.41, 5.74) is 3.78. The zero-order chi connectivity index (χ0) is 18.2. The van der Waals surface area contributed by atoms with Crippen LogP contribution in [0, 0.1) is 0 Å². The van der Waals surface area contributed by atoms with Crippen LogP contribution in [-0.2, 0) is 6.42 Å². The Bertz CT molecular complexity index is 824. The van der Waals surface area contributed by atoms with Crippen LogP contribution < -0.4 is 14.8 Å². The van der Waals surface area contributed by atoms with Crippen LogP contribution >= 0.6 is 0 Å². The molecule has 5 rings (SSSR count). The average molecular weight is 368 g/mol. The maximum Gasteiger partial charge on any atom is 0.163 e. The van der Waals surface area contributed by atoms with Gasteiger partial charge in [-0.15, -0.1) is 0 Å². The predicted octanol–water partition coefficient (Wildman–Crippen LogP) is 3.20. The Morgan fingerprint density at radius 3 is 2.74 bits per heavy atom. The third-order valence-electron chi connectivity index (χ3n) is 6.04. The largest absolute Gasteiger partial charge is 0.486 e. The van der Waals surface area contributed by atoms with Gasteiger partial charge in [-0.3, -0.25) is 0 Å². The van der Waals surface area contributed by atoms with E-state index < -0.39 is 0 Å². The Kier molecular flexibility index (Phi) is 4.44. The molecular weight excluding hydrogens is 340 g/mol. The van der Waals surface area contributed by atoms with Gasteiger partial charge in [-0.05, 0) is 64.4 Å². The van der Waals surface area contributed by atoms with Crippen molar-refractivity contribution in [3.63, 3.8) is 0 Å². The van der Waals surface area contributed by atoms with Crippen LogP contribution in [0.15, 0.2) is 18.2 Å². The van der Waals surface area contributed by atoms with Crippen LogP contribution in [0.2, 0.25) is 0 Å². The van der Waals surface area contributed by atoms with Gasteiger partial charge in [-0.2, -0.15) is 5.10 Å². The van der Waals surface area contributed by atoms with Gasteiger partial charge in [-0.25, -0.2) is 4.68 Å². The van der Waals surface area contributed by atoms with Crippen LogP contribution in [-0.4, -0.2) is 54.6 Å². The lowest BCUT2D eigenvalue weighted by molar-refractivity contribution is 0.171.